The van der Waals surface area contributed by atoms with E-state index in [1.165, 1.54) is 24.3 Å². The Bertz CT molecular complexity index is 710. The fourth-order valence-corrected chi connectivity index (χ4v) is 2.65. The lowest BCUT2D eigenvalue weighted by molar-refractivity contribution is 0.484. The first-order chi connectivity index (χ1) is 9.35. The maximum atomic E-state index is 13.3. The first kappa shape index (κ1) is 14.5. The van der Waals surface area contributed by atoms with Crippen molar-refractivity contribution in [1.29, 1.82) is 0 Å². The van der Waals surface area contributed by atoms with Crippen molar-refractivity contribution < 1.29 is 21.4 Å². The molecular weight excluding hydrogens is 286 g/mol. The Kier molecular flexibility index (Phi) is 4.04. The van der Waals surface area contributed by atoms with E-state index in [0.717, 1.165) is 18.2 Å². The zero-order valence-electron chi connectivity index (χ0n) is 10.6. The number of rotatable bonds is 4. The Morgan fingerprint density at radius 2 is 1.70 bits per heavy atom. The van der Waals surface area contributed by atoms with Gasteiger partial charge in [0.25, 0.3) is 0 Å². The van der Waals surface area contributed by atoms with Crippen LogP contribution in [0.1, 0.15) is 11.1 Å². The lowest BCUT2D eigenvalue weighted by Gasteiger charge is -2.07. The van der Waals surface area contributed by atoms with Gasteiger partial charge in [-0.05, 0) is 48.4 Å². The molecule has 106 valence electrons. The fourth-order valence-electron chi connectivity index (χ4n) is 1.60. The van der Waals surface area contributed by atoms with E-state index in [4.69, 9.17) is 4.18 Å². The lowest BCUT2D eigenvalue weighted by atomic mass is 10.2. The average molecular weight is 298 g/mol. The Balaban J connectivity index is 2.14. The number of halogens is 2. The van der Waals surface area contributed by atoms with Crippen molar-refractivity contribution in [3.8, 4) is 5.75 Å². The van der Waals surface area contributed by atoms with Crippen molar-refractivity contribution in [2.75, 3.05) is 0 Å². The summed E-state index contributed by atoms with van der Waals surface area (Å²) in [4.78, 5) is 0. The highest BCUT2D eigenvalue weighted by molar-refractivity contribution is 7.86. The quantitative estimate of drug-likeness (QED) is 0.814. The minimum Gasteiger partial charge on any atom is -0.382 e. The molecular formula is C14H12F2O3S. The summed E-state index contributed by atoms with van der Waals surface area (Å²) in [5.74, 6) is -1.41. The van der Waals surface area contributed by atoms with E-state index in [1.54, 1.807) is 6.92 Å². The van der Waals surface area contributed by atoms with Crippen molar-refractivity contribution in [3.63, 3.8) is 0 Å². The van der Waals surface area contributed by atoms with E-state index in [9.17, 15) is 17.2 Å². The molecule has 0 fully saturated rings. The Labute approximate surface area is 115 Å². The summed E-state index contributed by atoms with van der Waals surface area (Å²) in [5.41, 5.74) is 0.723. The van der Waals surface area contributed by atoms with Gasteiger partial charge in [-0.2, -0.15) is 8.42 Å². The van der Waals surface area contributed by atoms with Gasteiger partial charge in [-0.25, -0.2) is 8.78 Å². The highest BCUT2D eigenvalue weighted by atomic mass is 32.2. The zero-order valence-corrected chi connectivity index (χ0v) is 11.5. The van der Waals surface area contributed by atoms with Gasteiger partial charge in [0.1, 0.15) is 23.1 Å². The van der Waals surface area contributed by atoms with Gasteiger partial charge in [-0.3, -0.25) is 0 Å². The molecule has 0 saturated carbocycles. The summed E-state index contributed by atoms with van der Waals surface area (Å²) in [7, 11) is -3.92. The molecule has 2 aromatic carbocycles. The summed E-state index contributed by atoms with van der Waals surface area (Å²) in [6, 6.07) is 8.78. The summed E-state index contributed by atoms with van der Waals surface area (Å²) in [6.45, 7) is 1.59. The predicted octanol–water partition coefficient (Wildman–Crippen LogP) is 3.18. The SMILES string of the molecule is Cc1ccc(CS(=O)(=O)Oc2ccc(F)cc2)cc1F. The normalized spacial score (nSPS) is 11.3. The predicted molar refractivity (Wildman–Crippen MR) is 70.8 cm³/mol. The van der Waals surface area contributed by atoms with E-state index in [1.807, 2.05) is 0 Å². The van der Waals surface area contributed by atoms with Gasteiger partial charge in [-0.15, -0.1) is 0 Å². The van der Waals surface area contributed by atoms with Crippen molar-refractivity contribution in [3.05, 3.63) is 65.2 Å². The number of hydrogen-bond acceptors (Lipinski definition) is 3. The van der Waals surface area contributed by atoms with Crippen molar-refractivity contribution in [2.24, 2.45) is 0 Å². The molecule has 0 spiro atoms. The molecule has 2 rings (SSSR count). The maximum absolute atomic E-state index is 13.3. The second kappa shape index (κ2) is 5.58. The monoisotopic (exact) mass is 298 g/mol. The molecule has 0 unspecified atom stereocenters. The van der Waals surface area contributed by atoms with Gasteiger partial charge in [0.2, 0.25) is 0 Å². The third kappa shape index (κ3) is 3.77. The zero-order chi connectivity index (χ0) is 14.8. The van der Waals surface area contributed by atoms with E-state index >= 15 is 0 Å². The van der Waals surface area contributed by atoms with E-state index < -0.39 is 27.5 Å². The molecule has 0 aliphatic carbocycles. The number of benzene rings is 2. The Morgan fingerprint density at radius 1 is 1.05 bits per heavy atom. The molecule has 0 bridgehead atoms. The first-order valence-corrected chi connectivity index (χ1v) is 7.36. The molecule has 3 nitrogen and oxygen atoms in total. The number of aryl methyl sites for hydroxylation is 1. The van der Waals surface area contributed by atoms with Crippen LogP contribution in [0.5, 0.6) is 5.75 Å². The second-order valence-corrected chi connectivity index (χ2v) is 5.89. The minimum atomic E-state index is -3.92. The standard InChI is InChI=1S/C14H12F2O3S/c1-10-2-3-11(8-14(10)16)9-20(17,18)19-13-6-4-12(15)5-7-13/h2-8H,9H2,1H3. The molecule has 0 aliphatic rings. The Hall–Kier alpha value is -1.95. The molecule has 0 atom stereocenters. The summed E-state index contributed by atoms with van der Waals surface area (Å²) in [5, 5.41) is 0. The Morgan fingerprint density at radius 3 is 2.30 bits per heavy atom. The van der Waals surface area contributed by atoms with Crippen LogP contribution in [0.4, 0.5) is 8.78 Å². The second-order valence-electron chi connectivity index (χ2n) is 4.32. The van der Waals surface area contributed by atoms with Crippen LogP contribution in [0.15, 0.2) is 42.5 Å². The first-order valence-electron chi connectivity index (χ1n) is 5.78. The van der Waals surface area contributed by atoms with Crippen molar-refractivity contribution >= 4 is 10.1 Å². The van der Waals surface area contributed by atoms with Gasteiger partial charge < -0.3 is 4.18 Å². The molecule has 6 heteroatoms. The average Bonchev–Trinajstić information content (AvgIpc) is 2.36. The van der Waals surface area contributed by atoms with Crippen LogP contribution in [-0.2, 0) is 15.9 Å². The van der Waals surface area contributed by atoms with Crippen LogP contribution in [0.25, 0.3) is 0 Å². The molecule has 0 aliphatic heterocycles. The van der Waals surface area contributed by atoms with Crippen LogP contribution in [0.3, 0.4) is 0 Å². The van der Waals surface area contributed by atoms with Gasteiger partial charge in [0.05, 0.1) is 0 Å². The molecule has 0 N–H and O–H groups in total. The van der Waals surface area contributed by atoms with E-state index in [0.29, 0.717) is 5.56 Å². The van der Waals surface area contributed by atoms with Gasteiger partial charge in [0, 0.05) is 0 Å². The van der Waals surface area contributed by atoms with Gasteiger partial charge in [-0.1, -0.05) is 12.1 Å². The minimum absolute atomic E-state index is 0.0129. The lowest BCUT2D eigenvalue weighted by Crippen LogP contribution is -2.12. The van der Waals surface area contributed by atoms with Crippen molar-refractivity contribution in [1.82, 2.24) is 0 Å². The van der Waals surface area contributed by atoms with E-state index in [-0.39, 0.29) is 11.3 Å². The van der Waals surface area contributed by atoms with Crippen LogP contribution in [0, 0.1) is 18.6 Å². The molecule has 2 aromatic rings. The molecule has 0 saturated heterocycles. The summed E-state index contributed by atoms with van der Waals surface area (Å²) >= 11 is 0. The molecule has 20 heavy (non-hydrogen) atoms. The smallest absolute Gasteiger partial charge is 0.313 e. The van der Waals surface area contributed by atoms with E-state index in [2.05, 4.69) is 0 Å². The highest BCUT2D eigenvalue weighted by Gasteiger charge is 2.15. The molecule has 0 radical (unpaired) electrons. The number of hydrogen-bond donors (Lipinski definition) is 0. The highest BCUT2D eigenvalue weighted by Crippen LogP contribution is 2.17. The topological polar surface area (TPSA) is 43.4 Å². The summed E-state index contributed by atoms with van der Waals surface area (Å²) in [6.07, 6.45) is 0. The maximum Gasteiger partial charge on any atom is 0.313 e. The molecule has 0 aromatic heterocycles. The van der Waals surface area contributed by atoms with Crippen molar-refractivity contribution in [2.45, 2.75) is 12.7 Å². The van der Waals surface area contributed by atoms with Crippen LogP contribution in [-0.4, -0.2) is 8.42 Å². The van der Waals surface area contributed by atoms with Gasteiger partial charge >= 0.3 is 10.1 Å². The third-order valence-corrected chi connectivity index (χ3v) is 3.75. The van der Waals surface area contributed by atoms with Crippen LogP contribution >= 0.6 is 0 Å². The summed E-state index contributed by atoms with van der Waals surface area (Å²) < 4.78 is 54.5. The van der Waals surface area contributed by atoms with Crippen LogP contribution in [0.2, 0.25) is 0 Å². The van der Waals surface area contributed by atoms with Crippen LogP contribution < -0.4 is 4.18 Å². The molecule has 0 amide bonds. The fraction of sp³-hybridized carbons (Fsp3) is 0.143. The molecule has 0 heterocycles. The third-order valence-electron chi connectivity index (χ3n) is 2.62. The largest absolute Gasteiger partial charge is 0.382 e. The van der Waals surface area contributed by atoms with Gasteiger partial charge in [0.15, 0.2) is 0 Å².